The number of amides is 2. The second-order valence-electron chi connectivity index (χ2n) is 6.32. The third-order valence-corrected chi connectivity index (χ3v) is 6.49. The van der Waals surface area contributed by atoms with Gasteiger partial charge in [-0.05, 0) is 32.4 Å². The van der Waals surface area contributed by atoms with Crippen LogP contribution < -0.4 is 10.6 Å². The summed E-state index contributed by atoms with van der Waals surface area (Å²) in [6.07, 6.45) is 1.68. The van der Waals surface area contributed by atoms with Crippen LogP contribution in [-0.2, 0) is 16.0 Å². The van der Waals surface area contributed by atoms with Gasteiger partial charge >= 0.3 is 0 Å². The number of aromatic nitrogens is 1. The van der Waals surface area contributed by atoms with Crippen molar-refractivity contribution in [1.29, 1.82) is 0 Å². The average Bonchev–Trinajstić information content (AvgIpc) is 2.96. The summed E-state index contributed by atoms with van der Waals surface area (Å²) in [7, 11) is 0. The van der Waals surface area contributed by atoms with E-state index in [1.807, 2.05) is 32.0 Å². The number of thioether (sulfide) groups is 1. The van der Waals surface area contributed by atoms with Crippen LogP contribution in [0.5, 0.6) is 0 Å². The van der Waals surface area contributed by atoms with E-state index in [4.69, 9.17) is 0 Å². The normalized spacial score (nSPS) is 19.9. The summed E-state index contributed by atoms with van der Waals surface area (Å²) >= 11 is 3.22. The Hall–Kier alpha value is -1.60. The Morgan fingerprint density at radius 2 is 2.21 bits per heavy atom. The minimum atomic E-state index is -0.455. The van der Waals surface area contributed by atoms with E-state index in [1.165, 1.54) is 16.5 Å². The molecule has 2 amide bonds. The number of nitrogens with one attached hydrogen (secondary N) is 2. The molecular formula is C17H21N3O2S2. The monoisotopic (exact) mass is 363 g/mol. The van der Waals surface area contributed by atoms with Crippen molar-refractivity contribution in [3.05, 3.63) is 29.3 Å². The number of fused-ring (bicyclic) bond motifs is 1. The number of carbonyl (C=O) groups is 2. The summed E-state index contributed by atoms with van der Waals surface area (Å²) < 4.78 is 0.741. The van der Waals surface area contributed by atoms with Crippen molar-refractivity contribution in [2.75, 3.05) is 12.3 Å². The van der Waals surface area contributed by atoms with Crippen LogP contribution in [0.3, 0.4) is 0 Å². The van der Waals surface area contributed by atoms with E-state index in [2.05, 4.69) is 21.7 Å². The maximum Gasteiger partial charge on any atom is 0.243 e. The molecular weight excluding hydrogens is 342 g/mol. The van der Waals surface area contributed by atoms with Crippen molar-refractivity contribution in [3.8, 4) is 0 Å². The number of thiazole rings is 1. The van der Waals surface area contributed by atoms with Crippen LogP contribution in [0.4, 0.5) is 0 Å². The van der Waals surface area contributed by atoms with Crippen molar-refractivity contribution in [2.24, 2.45) is 0 Å². The summed E-state index contributed by atoms with van der Waals surface area (Å²) in [6.45, 7) is 4.34. The third-order valence-electron chi connectivity index (χ3n) is 3.98. The fourth-order valence-electron chi connectivity index (χ4n) is 2.47. The quantitative estimate of drug-likeness (QED) is 0.800. The van der Waals surface area contributed by atoms with E-state index < -0.39 is 10.8 Å². The first-order chi connectivity index (χ1) is 11.5. The van der Waals surface area contributed by atoms with Gasteiger partial charge in [0.15, 0.2) is 0 Å². The number of nitrogens with zero attached hydrogens (tertiary/aromatic N) is 1. The third kappa shape index (κ3) is 3.89. The van der Waals surface area contributed by atoms with E-state index in [1.54, 1.807) is 11.3 Å². The lowest BCUT2D eigenvalue weighted by Gasteiger charge is -2.32. The van der Waals surface area contributed by atoms with Gasteiger partial charge in [-0.25, -0.2) is 4.98 Å². The topological polar surface area (TPSA) is 71.1 Å². The highest BCUT2D eigenvalue weighted by Gasteiger charge is 2.37. The Balaban J connectivity index is 1.43. The van der Waals surface area contributed by atoms with Gasteiger partial charge in [0.05, 0.1) is 20.0 Å². The number of aryl methyl sites for hydroxylation is 1. The van der Waals surface area contributed by atoms with Crippen LogP contribution in [0.25, 0.3) is 10.2 Å². The summed E-state index contributed by atoms with van der Waals surface area (Å²) in [5, 5.41) is 6.81. The zero-order valence-corrected chi connectivity index (χ0v) is 15.4. The van der Waals surface area contributed by atoms with Crippen molar-refractivity contribution >= 4 is 45.1 Å². The molecule has 0 bridgehead atoms. The Morgan fingerprint density at radius 3 is 2.96 bits per heavy atom. The zero-order valence-electron chi connectivity index (χ0n) is 13.8. The zero-order chi connectivity index (χ0) is 17.2. The van der Waals surface area contributed by atoms with E-state index in [0.29, 0.717) is 12.3 Å². The molecule has 0 spiro atoms. The molecule has 1 unspecified atom stereocenters. The van der Waals surface area contributed by atoms with Gasteiger partial charge < -0.3 is 10.6 Å². The fraction of sp³-hybridized carbons (Fsp3) is 0.471. The summed E-state index contributed by atoms with van der Waals surface area (Å²) in [4.78, 5) is 28.7. The minimum Gasteiger partial charge on any atom is -0.354 e. The molecule has 1 fully saturated rings. The number of para-hydroxylation sites is 1. The Labute approximate surface area is 149 Å². The standard InChI is InChI=1S/C17H21N3O2S2/c1-17(2)16(22)20-12(10-23-17)15(21)18-9-5-8-14-19-11-6-3-4-7-13(11)24-14/h3-4,6-7,12H,5,8-10H2,1-2H3,(H,18,21)(H,20,22). The van der Waals surface area contributed by atoms with Gasteiger partial charge in [-0.15, -0.1) is 23.1 Å². The molecule has 3 rings (SSSR count). The Morgan fingerprint density at radius 1 is 1.42 bits per heavy atom. The van der Waals surface area contributed by atoms with Gasteiger partial charge in [-0.1, -0.05) is 12.1 Å². The molecule has 24 heavy (non-hydrogen) atoms. The lowest BCUT2D eigenvalue weighted by molar-refractivity contribution is -0.129. The number of benzene rings is 1. The van der Waals surface area contributed by atoms with Crippen LogP contribution in [0.15, 0.2) is 24.3 Å². The highest BCUT2D eigenvalue weighted by atomic mass is 32.2. The van der Waals surface area contributed by atoms with Crippen LogP contribution in [0.1, 0.15) is 25.3 Å². The molecule has 2 aromatic rings. The average molecular weight is 364 g/mol. The maximum atomic E-state index is 12.2. The number of hydrogen-bond acceptors (Lipinski definition) is 5. The van der Waals surface area contributed by atoms with E-state index in [9.17, 15) is 9.59 Å². The minimum absolute atomic E-state index is 0.0756. The molecule has 0 radical (unpaired) electrons. The van der Waals surface area contributed by atoms with E-state index >= 15 is 0 Å². The second-order valence-corrected chi connectivity index (χ2v) is 9.08. The van der Waals surface area contributed by atoms with Crippen LogP contribution in [0, 0.1) is 0 Å². The van der Waals surface area contributed by atoms with E-state index in [0.717, 1.165) is 23.4 Å². The molecule has 1 aromatic heterocycles. The van der Waals surface area contributed by atoms with Gasteiger partial charge in [-0.3, -0.25) is 9.59 Å². The maximum absolute atomic E-state index is 12.2. The largest absolute Gasteiger partial charge is 0.354 e. The number of hydrogen-bond donors (Lipinski definition) is 2. The smallest absolute Gasteiger partial charge is 0.243 e. The highest BCUT2D eigenvalue weighted by molar-refractivity contribution is 8.01. The summed E-state index contributed by atoms with van der Waals surface area (Å²) in [5.41, 5.74) is 1.03. The number of carbonyl (C=O) groups excluding carboxylic acids is 2. The first-order valence-electron chi connectivity index (χ1n) is 8.03. The molecule has 0 aliphatic carbocycles. The Kier molecular flexibility index (Phi) is 5.10. The Bertz CT molecular complexity index is 724. The molecule has 128 valence electrons. The molecule has 0 saturated carbocycles. The first kappa shape index (κ1) is 17.2. The van der Waals surface area contributed by atoms with Crippen LogP contribution >= 0.6 is 23.1 Å². The highest BCUT2D eigenvalue weighted by Crippen LogP contribution is 2.29. The predicted molar refractivity (Wildman–Crippen MR) is 99.4 cm³/mol. The van der Waals surface area contributed by atoms with Gasteiger partial charge in [0.2, 0.25) is 11.8 Å². The molecule has 1 aromatic carbocycles. The van der Waals surface area contributed by atoms with Crippen LogP contribution in [0.2, 0.25) is 0 Å². The second kappa shape index (κ2) is 7.11. The lowest BCUT2D eigenvalue weighted by Crippen LogP contribution is -2.57. The lowest BCUT2D eigenvalue weighted by atomic mass is 10.1. The van der Waals surface area contributed by atoms with Gasteiger partial charge in [0.25, 0.3) is 0 Å². The molecule has 5 nitrogen and oxygen atoms in total. The van der Waals surface area contributed by atoms with Crippen molar-refractivity contribution in [3.63, 3.8) is 0 Å². The van der Waals surface area contributed by atoms with Gasteiger partial charge in [0.1, 0.15) is 6.04 Å². The van der Waals surface area contributed by atoms with Crippen LogP contribution in [-0.4, -0.2) is 39.9 Å². The fourth-order valence-corrected chi connectivity index (χ4v) is 4.49. The molecule has 7 heteroatoms. The first-order valence-corrected chi connectivity index (χ1v) is 9.83. The van der Waals surface area contributed by atoms with E-state index in [-0.39, 0.29) is 11.8 Å². The molecule has 2 N–H and O–H groups in total. The molecule has 2 heterocycles. The molecule has 1 aliphatic rings. The van der Waals surface area contributed by atoms with Gasteiger partial charge in [-0.2, -0.15) is 0 Å². The summed E-state index contributed by atoms with van der Waals surface area (Å²) in [5.74, 6) is 0.437. The van der Waals surface area contributed by atoms with Gasteiger partial charge in [0, 0.05) is 18.7 Å². The van der Waals surface area contributed by atoms with Crippen molar-refractivity contribution in [2.45, 2.75) is 37.5 Å². The summed E-state index contributed by atoms with van der Waals surface area (Å²) in [6, 6.07) is 7.66. The molecule has 1 atom stereocenters. The predicted octanol–water partition coefficient (Wildman–Crippen LogP) is 2.36. The number of rotatable bonds is 5. The van der Waals surface area contributed by atoms with Crippen molar-refractivity contribution in [1.82, 2.24) is 15.6 Å². The molecule has 1 saturated heterocycles. The SMILES string of the molecule is CC1(C)SCC(C(=O)NCCCc2nc3ccccc3s2)NC1=O. The molecule has 1 aliphatic heterocycles. The van der Waals surface area contributed by atoms with Crippen molar-refractivity contribution < 1.29 is 9.59 Å².